The number of ether oxygens (including phenoxy) is 3. The van der Waals surface area contributed by atoms with Crippen LogP contribution in [-0.2, 0) is 23.8 Å². The Hall–Kier alpha value is -3.65. The highest BCUT2D eigenvalue weighted by atomic mass is 79.9. The Bertz CT molecular complexity index is 1400. The predicted octanol–water partition coefficient (Wildman–Crippen LogP) is 3.84. The Morgan fingerprint density at radius 2 is 1.77 bits per heavy atom. The first kappa shape index (κ1) is 28.4. The number of benzene rings is 1. The van der Waals surface area contributed by atoms with E-state index in [0.717, 1.165) is 12.1 Å². The number of aromatic nitrogens is 4. The molecule has 14 heteroatoms. The standard InChI is InChI=1S/C25H22BrF3N4O6/c1-11-22(33-9-19(31-32-33)14-5-17(27)21(29)18(28)6-14)25(38-13(3)35)20(10-37-12(2)34)39-24(11)23(36)15-4-16(26)8-30-7-15/h4-9,11,20,22,24-25H,10H2,1-3H3/t11?,20?,22-,24+,25+/m1/s1. The van der Waals surface area contributed by atoms with Crippen LogP contribution < -0.4 is 0 Å². The number of hydrogen-bond acceptors (Lipinski definition) is 9. The Morgan fingerprint density at radius 3 is 2.38 bits per heavy atom. The van der Waals surface area contributed by atoms with Gasteiger partial charge in [0.15, 0.2) is 29.3 Å². The number of carbonyl (C=O) groups excluding carboxylic acids is 3. The second kappa shape index (κ2) is 11.6. The largest absolute Gasteiger partial charge is 0.463 e. The van der Waals surface area contributed by atoms with E-state index in [1.807, 2.05) is 0 Å². The minimum Gasteiger partial charge on any atom is -0.463 e. The van der Waals surface area contributed by atoms with Crippen molar-refractivity contribution < 1.29 is 41.8 Å². The van der Waals surface area contributed by atoms with Gasteiger partial charge >= 0.3 is 11.9 Å². The number of rotatable bonds is 7. The molecule has 3 aromatic rings. The quantitative estimate of drug-likeness (QED) is 0.223. The Kier molecular flexibility index (Phi) is 8.45. The van der Waals surface area contributed by atoms with Crippen molar-refractivity contribution in [1.82, 2.24) is 20.0 Å². The minimum absolute atomic E-state index is 0.0105. The summed E-state index contributed by atoms with van der Waals surface area (Å²) in [5, 5.41) is 8.01. The van der Waals surface area contributed by atoms with E-state index in [4.69, 9.17) is 14.2 Å². The SMILES string of the molecule is CC(=O)OCC1O[C@H](C(=O)c2cncc(Br)c2)C(C)[C@@H](n2cc(-c3cc(F)c(F)c(F)c3)nn2)[C@H]1OC(C)=O. The van der Waals surface area contributed by atoms with Gasteiger partial charge in [0.05, 0.1) is 12.2 Å². The first-order chi connectivity index (χ1) is 18.5. The van der Waals surface area contributed by atoms with Gasteiger partial charge in [-0.05, 0) is 34.1 Å². The van der Waals surface area contributed by atoms with Crippen LogP contribution >= 0.6 is 15.9 Å². The van der Waals surface area contributed by atoms with Gasteiger partial charge in [-0.1, -0.05) is 12.1 Å². The second-order valence-electron chi connectivity index (χ2n) is 8.92. The highest BCUT2D eigenvalue weighted by Gasteiger charge is 2.50. The molecule has 4 rings (SSSR count). The van der Waals surface area contributed by atoms with E-state index in [-0.39, 0.29) is 23.4 Å². The van der Waals surface area contributed by atoms with Crippen LogP contribution in [0.3, 0.4) is 0 Å². The molecular weight excluding hydrogens is 589 g/mol. The molecule has 2 aromatic heterocycles. The zero-order valence-corrected chi connectivity index (χ0v) is 22.4. The van der Waals surface area contributed by atoms with Gasteiger partial charge in [0.2, 0.25) is 0 Å². The third-order valence-electron chi connectivity index (χ3n) is 6.14. The summed E-state index contributed by atoms with van der Waals surface area (Å²) < 4.78 is 59.7. The molecule has 1 aliphatic heterocycles. The smallest absolute Gasteiger partial charge is 0.303 e. The highest BCUT2D eigenvalue weighted by Crippen LogP contribution is 2.38. The minimum atomic E-state index is -1.63. The lowest BCUT2D eigenvalue weighted by molar-refractivity contribution is -0.197. The number of Topliss-reactive ketones (excluding diaryl/α,β-unsaturated/α-hetero) is 1. The van der Waals surface area contributed by atoms with Gasteiger partial charge < -0.3 is 14.2 Å². The number of esters is 2. The van der Waals surface area contributed by atoms with Crippen molar-refractivity contribution in [3.05, 3.63) is 64.3 Å². The van der Waals surface area contributed by atoms with E-state index in [9.17, 15) is 27.6 Å². The molecule has 2 unspecified atom stereocenters. The third-order valence-corrected chi connectivity index (χ3v) is 6.57. The molecular formula is C25H22BrF3N4O6. The first-order valence-corrected chi connectivity index (χ1v) is 12.4. The lowest BCUT2D eigenvalue weighted by atomic mass is 9.82. The van der Waals surface area contributed by atoms with Crippen LogP contribution in [0.2, 0.25) is 0 Å². The molecule has 206 valence electrons. The number of hydrogen-bond donors (Lipinski definition) is 0. The summed E-state index contributed by atoms with van der Waals surface area (Å²) in [5.74, 6) is -6.92. The van der Waals surface area contributed by atoms with E-state index >= 15 is 0 Å². The Balaban J connectivity index is 1.77. The van der Waals surface area contributed by atoms with Crippen molar-refractivity contribution in [1.29, 1.82) is 0 Å². The lowest BCUT2D eigenvalue weighted by Crippen LogP contribution is -2.56. The van der Waals surface area contributed by atoms with Gasteiger partial charge in [-0.15, -0.1) is 5.10 Å². The molecule has 10 nitrogen and oxygen atoms in total. The molecule has 0 saturated carbocycles. The number of pyridine rings is 1. The normalized spacial score (nSPS) is 22.8. The molecule has 1 aliphatic rings. The molecule has 0 N–H and O–H groups in total. The monoisotopic (exact) mass is 610 g/mol. The molecule has 0 amide bonds. The summed E-state index contributed by atoms with van der Waals surface area (Å²) >= 11 is 3.28. The van der Waals surface area contributed by atoms with E-state index in [1.54, 1.807) is 13.0 Å². The summed E-state index contributed by atoms with van der Waals surface area (Å²) in [6, 6.07) is 2.18. The van der Waals surface area contributed by atoms with Crippen LogP contribution in [0.4, 0.5) is 13.2 Å². The average Bonchev–Trinajstić information content (AvgIpc) is 3.35. The predicted molar refractivity (Wildman–Crippen MR) is 131 cm³/mol. The summed E-state index contributed by atoms with van der Waals surface area (Å²) in [6.07, 6.45) is 0.845. The van der Waals surface area contributed by atoms with Gasteiger partial charge in [0, 0.05) is 47.8 Å². The highest BCUT2D eigenvalue weighted by molar-refractivity contribution is 9.10. The van der Waals surface area contributed by atoms with Crippen LogP contribution in [-0.4, -0.2) is 62.6 Å². The molecule has 1 fully saturated rings. The van der Waals surface area contributed by atoms with E-state index in [1.165, 1.54) is 37.1 Å². The van der Waals surface area contributed by atoms with Crippen molar-refractivity contribution in [2.45, 2.75) is 45.1 Å². The van der Waals surface area contributed by atoms with Crippen molar-refractivity contribution in [3.63, 3.8) is 0 Å². The van der Waals surface area contributed by atoms with Crippen LogP contribution in [0.25, 0.3) is 11.3 Å². The maximum atomic E-state index is 13.9. The Labute approximate surface area is 228 Å². The molecule has 0 bridgehead atoms. The zero-order valence-electron chi connectivity index (χ0n) is 20.8. The fraction of sp³-hybridized carbons (Fsp3) is 0.360. The Morgan fingerprint density at radius 1 is 1.08 bits per heavy atom. The van der Waals surface area contributed by atoms with E-state index in [2.05, 4.69) is 31.2 Å². The molecule has 0 aliphatic carbocycles. The summed E-state index contributed by atoms with van der Waals surface area (Å²) in [5.41, 5.74) is 0.128. The molecule has 39 heavy (non-hydrogen) atoms. The average molecular weight is 611 g/mol. The molecule has 0 spiro atoms. The maximum Gasteiger partial charge on any atom is 0.303 e. The topological polar surface area (TPSA) is 123 Å². The van der Waals surface area contributed by atoms with Crippen molar-refractivity contribution in [2.24, 2.45) is 5.92 Å². The van der Waals surface area contributed by atoms with Crippen LogP contribution in [0.1, 0.15) is 37.2 Å². The van der Waals surface area contributed by atoms with Gasteiger partial charge in [0.1, 0.15) is 24.5 Å². The van der Waals surface area contributed by atoms with E-state index < -0.39 is 65.4 Å². The van der Waals surface area contributed by atoms with Crippen molar-refractivity contribution >= 4 is 33.7 Å². The summed E-state index contributed by atoms with van der Waals surface area (Å²) in [6.45, 7) is 3.67. The van der Waals surface area contributed by atoms with Crippen LogP contribution in [0.5, 0.6) is 0 Å². The summed E-state index contributed by atoms with van der Waals surface area (Å²) in [7, 11) is 0. The van der Waals surface area contributed by atoms with Gasteiger partial charge in [-0.2, -0.15) is 0 Å². The molecule has 3 heterocycles. The van der Waals surface area contributed by atoms with Crippen LogP contribution in [0.15, 0.2) is 41.3 Å². The number of ketones is 1. The van der Waals surface area contributed by atoms with Gasteiger partial charge in [-0.3, -0.25) is 19.4 Å². The first-order valence-electron chi connectivity index (χ1n) is 11.6. The zero-order chi connectivity index (χ0) is 28.4. The fourth-order valence-electron chi connectivity index (χ4n) is 4.42. The molecule has 1 saturated heterocycles. The molecule has 5 atom stereocenters. The second-order valence-corrected chi connectivity index (χ2v) is 9.83. The van der Waals surface area contributed by atoms with Crippen LogP contribution in [0, 0.1) is 23.4 Å². The van der Waals surface area contributed by atoms with Gasteiger partial charge in [-0.25, -0.2) is 17.9 Å². The van der Waals surface area contributed by atoms with Gasteiger partial charge in [0.25, 0.3) is 0 Å². The maximum absolute atomic E-state index is 13.9. The number of halogens is 4. The van der Waals surface area contributed by atoms with Crippen molar-refractivity contribution in [3.8, 4) is 11.3 Å². The van der Waals surface area contributed by atoms with E-state index in [0.29, 0.717) is 4.47 Å². The number of carbonyl (C=O) groups is 3. The fourth-order valence-corrected chi connectivity index (χ4v) is 4.78. The number of nitrogens with zero attached hydrogens (tertiary/aromatic N) is 4. The third kappa shape index (κ3) is 6.17. The summed E-state index contributed by atoms with van der Waals surface area (Å²) in [4.78, 5) is 41.2. The van der Waals surface area contributed by atoms with Crippen molar-refractivity contribution in [2.75, 3.05) is 6.61 Å². The lowest BCUT2D eigenvalue weighted by Gasteiger charge is -2.44. The molecule has 0 radical (unpaired) electrons. The molecule has 1 aromatic carbocycles.